The second kappa shape index (κ2) is 8.74. The fourth-order valence-corrected chi connectivity index (χ4v) is 5.29. The Labute approximate surface area is 191 Å². The van der Waals surface area contributed by atoms with Crippen molar-refractivity contribution in [2.45, 2.75) is 37.9 Å². The highest BCUT2D eigenvalue weighted by molar-refractivity contribution is 8.26. The van der Waals surface area contributed by atoms with E-state index in [-0.39, 0.29) is 17.9 Å². The molecular formula is C22H18F3NO4S2. The number of amides is 1. The Morgan fingerprint density at radius 3 is 2.38 bits per heavy atom. The summed E-state index contributed by atoms with van der Waals surface area (Å²) in [5, 5.41) is 9.15. The Hall–Kier alpha value is -2.59. The summed E-state index contributed by atoms with van der Waals surface area (Å²) in [6.07, 6.45) is -0.676. The van der Waals surface area contributed by atoms with Crippen LogP contribution in [0, 0.1) is 5.92 Å². The second-order valence-corrected chi connectivity index (χ2v) is 9.35. The monoisotopic (exact) mass is 481 g/mol. The lowest BCUT2D eigenvalue weighted by Gasteiger charge is -2.32. The van der Waals surface area contributed by atoms with Gasteiger partial charge in [-0.15, -0.1) is 0 Å². The molecule has 10 heteroatoms. The van der Waals surface area contributed by atoms with Gasteiger partial charge in [-0.3, -0.25) is 14.5 Å². The van der Waals surface area contributed by atoms with E-state index in [1.54, 1.807) is 23.1 Å². The molecule has 2 aliphatic rings. The van der Waals surface area contributed by atoms with E-state index in [4.69, 9.17) is 21.7 Å². The summed E-state index contributed by atoms with van der Waals surface area (Å²) in [5.41, 5.74) is -0.255. The summed E-state index contributed by atoms with van der Waals surface area (Å²) < 4.78 is 44.3. The first-order chi connectivity index (χ1) is 15.1. The molecule has 1 saturated carbocycles. The smallest absolute Gasteiger partial charge is 0.416 e. The number of thiocarbonyl (C=S) groups is 1. The highest BCUT2D eigenvalue weighted by Crippen LogP contribution is 2.39. The molecule has 1 aliphatic carbocycles. The van der Waals surface area contributed by atoms with Crippen LogP contribution in [0.15, 0.2) is 45.7 Å². The molecule has 2 heterocycles. The van der Waals surface area contributed by atoms with E-state index in [9.17, 15) is 22.8 Å². The molecule has 0 unspecified atom stereocenters. The van der Waals surface area contributed by atoms with Gasteiger partial charge >= 0.3 is 12.1 Å². The summed E-state index contributed by atoms with van der Waals surface area (Å²) in [6.45, 7) is 0. The van der Waals surface area contributed by atoms with Gasteiger partial charge in [0.15, 0.2) is 0 Å². The molecule has 168 valence electrons. The molecule has 1 aromatic heterocycles. The minimum atomic E-state index is -4.41. The van der Waals surface area contributed by atoms with Crippen molar-refractivity contribution in [3.8, 4) is 11.3 Å². The number of furan rings is 1. The summed E-state index contributed by atoms with van der Waals surface area (Å²) in [4.78, 5) is 26.0. The molecule has 1 saturated heterocycles. The van der Waals surface area contributed by atoms with Gasteiger partial charge in [0.25, 0.3) is 5.91 Å². The number of aliphatic carboxylic acids is 1. The van der Waals surface area contributed by atoms with E-state index < -0.39 is 17.7 Å². The van der Waals surface area contributed by atoms with Crippen molar-refractivity contribution in [2.75, 3.05) is 0 Å². The van der Waals surface area contributed by atoms with Gasteiger partial charge in [-0.05, 0) is 49.9 Å². The van der Waals surface area contributed by atoms with Crippen molar-refractivity contribution in [3.05, 3.63) is 52.6 Å². The molecule has 1 aromatic carbocycles. The molecular weight excluding hydrogens is 463 g/mol. The zero-order valence-corrected chi connectivity index (χ0v) is 18.2. The van der Waals surface area contributed by atoms with Crippen LogP contribution in [0.3, 0.4) is 0 Å². The van der Waals surface area contributed by atoms with Gasteiger partial charge in [0, 0.05) is 17.7 Å². The fourth-order valence-electron chi connectivity index (χ4n) is 3.91. The van der Waals surface area contributed by atoms with E-state index in [1.807, 2.05) is 0 Å². The average molecular weight is 482 g/mol. The Bertz CT molecular complexity index is 1080. The molecule has 0 radical (unpaired) electrons. The Morgan fingerprint density at radius 2 is 1.78 bits per heavy atom. The standard InChI is InChI=1S/C22H18F3NO4S2/c23-22(24,25)14-5-1-12(2-6-14)17-10-9-16(30-17)11-18-19(27)26(21(31)32-18)15-7-3-13(4-8-15)20(28)29/h1-2,5-6,9-11,13,15H,3-4,7-8H2,(H,28,29)/b18-11+. The Kier molecular flexibility index (Phi) is 6.17. The van der Waals surface area contributed by atoms with Crippen LogP contribution in [-0.2, 0) is 15.8 Å². The maximum Gasteiger partial charge on any atom is 0.416 e. The second-order valence-electron chi connectivity index (χ2n) is 7.67. The number of benzene rings is 1. The number of halogens is 3. The summed E-state index contributed by atoms with van der Waals surface area (Å²) >= 11 is 6.54. The third-order valence-electron chi connectivity index (χ3n) is 5.63. The Morgan fingerprint density at radius 1 is 1.12 bits per heavy atom. The lowest BCUT2D eigenvalue weighted by Crippen LogP contribution is -2.41. The predicted molar refractivity (Wildman–Crippen MR) is 118 cm³/mol. The third kappa shape index (κ3) is 4.61. The first-order valence-corrected chi connectivity index (χ1v) is 11.1. The molecule has 1 N–H and O–H groups in total. The number of hydrogen-bond donors (Lipinski definition) is 1. The van der Waals surface area contributed by atoms with Crippen LogP contribution in [0.4, 0.5) is 13.2 Å². The van der Waals surface area contributed by atoms with Gasteiger partial charge in [0.1, 0.15) is 15.8 Å². The van der Waals surface area contributed by atoms with Crippen LogP contribution in [0.25, 0.3) is 17.4 Å². The minimum Gasteiger partial charge on any atom is -0.481 e. The fraction of sp³-hybridized carbons (Fsp3) is 0.318. The number of carboxylic acids is 1. The van der Waals surface area contributed by atoms with E-state index in [0.29, 0.717) is 52.0 Å². The van der Waals surface area contributed by atoms with E-state index >= 15 is 0 Å². The van der Waals surface area contributed by atoms with Gasteiger partial charge in [-0.25, -0.2) is 0 Å². The van der Waals surface area contributed by atoms with Gasteiger partial charge in [0.05, 0.1) is 16.4 Å². The van der Waals surface area contributed by atoms with Crippen LogP contribution in [0.5, 0.6) is 0 Å². The zero-order valence-electron chi connectivity index (χ0n) is 16.6. The average Bonchev–Trinajstić information content (AvgIpc) is 3.32. The minimum absolute atomic E-state index is 0.122. The van der Waals surface area contributed by atoms with E-state index in [0.717, 1.165) is 23.9 Å². The maximum absolute atomic E-state index is 12.9. The van der Waals surface area contributed by atoms with Crippen molar-refractivity contribution in [1.29, 1.82) is 0 Å². The molecule has 5 nitrogen and oxygen atoms in total. The SMILES string of the molecule is O=C(O)C1CCC(N2C(=O)/C(=C\c3ccc(-c4ccc(C(F)(F)F)cc4)o3)SC2=S)CC1. The van der Waals surface area contributed by atoms with Crippen LogP contribution >= 0.6 is 24.0 Å². The van der Waals surface area contributed by atoms with Crippen molar-refractivity contribution in [3.63, 3.8) is 0 Å². The first-order valence-electron chi connectivity index (χ1n) is 9.91. The number of nitrogens with zero attached hydrogens (tertiary/aromatic N) is 1. The number of rotatable bonds is 4. The lowest BCUT2D eigenvalue weighted by molar-refractivity contribution is -0.143. The van der Waals surface area contributed by atoms with Gasteiger partial charge in [-0.2, -0.15) is 13.2 Å². The number of carbonyl (C=O) groups is 2. The Balaban J connectivity index is 1.47. The highest BCUT2D eigenvalue weighted by atomic mass is 32.2. The van der Waals surface area contributed by atoms with Crippen molar-refractivity contribution in [1.82, 2.24) is 4.90 Å². The van der Waals surface area contributed by atoms with Crippen molar-refractivity contribution >= 4 is 46.3 Å². The molecule has 32 heavy (non-hydrogen) atoms. The lowest BCUT2D eigenvalue weighted by atomic mass is 9.85. The third-order valence-corrected chi connectivity index (χ3v) is 6.96. The van der Waals surface area contributed by atoms with Crippen molar-refractivity contribution < 1.29 is 32.3 Å². The number of hydrogen-bond acceptors (Lipinski definition) is 5. The first kappa shape index (κ1) is 22.6. The number of carboxylic acid groups (broad SMARTS) is 1. The molecule has 0 spiro atoms. The number of thioether (sulfide) groups is 1. The molecule has 4 rings (SSSR count). The molecule has 0 bridgehead atoms. The predicted octanol–water partition coefficient (Wildman–Crippen LogP) is 5.81. The van der Waals surface area contributed by atoms with Crippen LogP contribution in [0.2, 0.25) is 0 Å². The molecule has 2 aromatic rings. The quantitative estimate of drug-likeness (QED) is 0.439. The maximum atomic E-state index is 12.9. The van der Waals surface area contributed by atoms with Gasteiger partial charge < -0.3 is 9.52 Å². The van der Waals surface area contributed by atoms with Gasteiger partial charge in [-0.1, -0.05) is 36.1 Å². The van der Waals surface area contributed by atoms with E-state index in [1.165, 1.54) is 12.1 Å². The van der Waals surface area contributed by atoms with Crippen molar-refractivity contribution in [2.24, 2.45) is 5.92 Å². The molecule has 1 amide bonds. The number of alkyl halides is 3. The van der Waals surface area contributed by atoms with Crippen LogP contribution < -0.4 is 0 Å². The summed E-state index contributed by atoms with van der Waals surface area (Å²) in [5.74, 6) is -0.670. The van der Waals surface area contributed by atoms with E-state index in [2.05, 4.69) is 0 Å². The molecule has 0 atom stereocenters. The zero-order chi connectivity index (χ0) is 23.0. The molecule has 2 fully saturated rings. The summed E-state index contributed by atoms with van der Waals surface area (Å²) in [6, 6.07) is 7.78. The highest BCUT2D eigenvalue weighted by Gasteiger charge is 2.39. The number of carbonyl (C=O) groups excluding carboxylic acids is 1. The summed E-state index contributed by atoms with van der Waals surface area (Å²) in [7, 11) is 0. The normalized spacial score (nSPS) is 23.2. The molecule has 1 aliphatic heterocycles. The van der Waals surface area contributed by atoms with Crippen LogP contribution in [-0.4, -0.2) is 32.2 Å². The van der Waals surface area contributed by atoms with Crippen LogP contribution in [0.1, 0.15) is 37.0 Å². The van der Waals surface area contributed by atoms with Gasteiger partial charge in [0.2, 0.25) is 0 Å². The topological polar surface area (TPSA) is 70.8 Å². The largest absolute Gasteiger partial charge is 0.481 e.